The number of hydrogen-bond acceptors (Lipinski definition) is 0. The van der Waals surface area contributed by atoms with Gasteiger partial charge in [0.2, 0.25) is 0 Å². The second kappa shape index (κ2) is 3.97. The summed E-state index contributed by atoms with van der Waals surface area (Å²) < 4.78 is 28.4. The smallest absolute Gasteiger partial charge is 0.131 e. The molecule has 1 aliphatic rings. The third kappa shape index (κ3) is 1.94. The van der Waals surface area contributed by atoms with Crippen LogP contribution in [-0.4, -0.2) is 6.17 Å². The molecule has 0 radical (unpaired) electrons. The van der Waals surface area contributed by atoms with Gasteiger partial charge in [0.15, 0.2) is 0 Å². The van der Waals surface area contributed by atoms with Crippen molar-refractivity contribution in [3.8, 4) is 0 Å². The van der Waals surface area contributed by atoms with Gasteiger partial charge in [0.25, 0.3) is 0 Å². The molecule has 0 aromatic carbocycles. The summed E-state index contributed by atoms with van der Waals surface area (Å²) in [5.41, 5.74) is -0.732. The normalized spacial score (nSPS) is 31.4. The van der Waals surface area contributed by atoms with Gasteiger partial charge in [-0.25, -0.2) is 8.78 Å². The Kier molecular flexibility index (Phi) is 3.33. The van der Waals surface area contributed by atoms with Gasteiger partial charge < -0.3 is 0 Å². The zero-order chi connectivity index (χ0) is 12.7. The predicted octanol–water partition coefficient (Wildman–Crippen LogP) is 4.83. The molecule has 2 atom stereocenters. The largest absolute Gasteiger partial charge is 0.242 e. The van der Waals surface area contributed by atoms with Crippen molar-refractivity contribution in [3.63, 3.8) is 0 Å². The van der Waals surface area contributed by atoms with Crippen LogP contribution < -0.4 is 0 Å². The summed E-state index contributed by atoms with van der Waals surface area (Å²) in [6, 6.07) is 0. The lowest BCUT2D eigenvalue weighted by Crippen LogP contribution is -2.42. The van der Waals surface area contributed by atoms with Crippen molar-refractivity contribution in [1.82, 2.24) is 0 Å². The van der Waals surface area contributed by atoms with E-state index in [1.165, 1.54) is 6.08 Å². The standard InChI is InChI=1S/C14H22F2/c1-9(2)10-7-11(15)14(6,12(16)8-10)13(3,4)5/h7-9,11H,1-6H3. The molecule has 0 aliphatic heterocycles. The topological polar surface area (TPSA) is 0 Å². The van der Waals surface area contributed by atoms with Gasteiger partial charge >= 0.3 is 0 Å². The molecular formula is C14H22F2. The highest BCUT2D eigenvalue weighted by molar-refractivity contribution is 5.35. The number of alkyl halides is 1. The quantitative estimate of drug-likeness (QED) is 0.603. The van der Waals surface area contributed by atoms with Gasteiger partial charge in [0.1, 0.15) is 12.0 Å². The van der Waals surface area contributed by atoms with E-state index in [9.17, 15) is 8.78 Å². The Morgan fingerprint density at radius 2 is 1.81 bits per heavy atom. The van der Waals surface area contributed by atoms with Gasteiger partial charge in [-0.3, -0.25) is 0 Å². The van der Waals surface area contributed by atoms with E-state index < -0.39 is 17.0 Å². The second-order valence-electron chi connectivity index (χ2n) is 6.17. The number of rotatable bonds is 1. The molecule has 0 bridgehead atoms. The number of allylic oxidation sites excluding steroid dienone is 4. The average Bonchev–Trinajstić information content (AvgIpc) is 2.11. The molecule has 0 nitrogen and oxygen atoms in total. The van der Waals surface area contributed by atoms with E-state index in [2.05, 4.69) is 0 Å². The first-order valence-corrected chi connectivity index (χ1v) is 5.84. The van der Waals surface area contributed by atoms with E-state index in [1.54, 1.807) is 13.0 Å². The number of hydrogen-bond donors (Lipinski definition) is 0. The monoisotopic (exact) mass is 228 g/mol. The van der Waals surface area contributed by atoms with Crippen LogP contribution in [-0.2, 0) is 0 Å². The van der Waals surface area contributed by atoms with Crippen molar-refractivity contribution >= 4 is 0 Å². The van der Waals surface area contributed by atoms with Crippen LogP contribution in [0.5, 0.6) is 0 Å². The molecule has 0 fully saturated rings. The first-order chi connectivity index (χ1) is 7.10. The molecule has 0 N–H and O–H groups in total. The predicted molar refractivity (Wildman–Crippen MR) is 64.6 cm³/mol. The Balaban J connectivity index is 3.19. The minimum absolute atomic E-state index is 0.161. The highest BCUT2D eigenvalue weighted by atomic mass is 19.1. The first kappa shape index (κ1) is 13.4. The van der Waals surface area contributed by atoms with E-state index in [0.717, 1.165) is 5.57 Å². The summed E-state index contributed by atoms with van der Waals surface area (Å²) in [5.74, 6) is -0.174. The average molecular weight is 228 g/mol. The van der Waals surface area contributed by atoms with Gasteiger partial charge in [0, 0.05) is 0 Å². The highest BCUT2D eigenvalue weighted by Crippen LogP contribution is 2.52. The Hall–Kier alpha value is -0.660. The molecule has 0 saturated heterocycles. The third-order valence-corrected chi connectivity index (χ3v) is 3.90. The maximum atomic E-state index is 14.2. The fourth-order valence-electron chi connectivity index (χ4n) is 1.94. The van der Waals surface area contributed by atoms with Crippen LogP contribution in [0.4, 0.5) is 8.78 Å². The fourth-order valence-corrected chi connectivity index (χ4v) is 1.94. The van der Waals surface area contributed by atoms with Crippen LogP contribution >= 0.6 is 0 Å². The van der Waals surface area contributed by atoms with Gasteiger partial charge in [-0.2, -0.15) is 0 Å². The molecule has 0 heterocycles. The van der Waals surface area contributed by atoms with E-state index in [0.29, 0.717) is 0 Å². The molecule has 16 heavy (non-hydrogen) atoms. The highest BCUT2D eigenvalue weighted by Gasteiger charge is 2.49. The molecule has 1 rings (SSSR count). The summed E-state index contributed by atoms with van der Waals surface area (Å²) in [4.78, 5) is 0. The zero-order valence-electron chi connectivity index (χ0n) is 11.1. The Morgan fingerprint density at radius 3 is 2.12 bits per heavy atom. The van der Waals surface area contributed by atoms with Crippen molar-refractivity contribution in [2.75, 3.05) is 0 Å². The third-order valence-electron chi connectivity index (χ3n) is 3.90. The maximum Gasteiger partial charge on any atom is 0.131 e. The van der Waals surface area contributed by atoms with Crippen LogP contribution in [0.2, 0.25) is 0 Å². The van der Waals surface area contributed by atoms with Crippen LogP contribution in [0.15, 0.2) is 23.6 Å². The van der Waals surface area contributed by atoms with E-state index in [4.69, 9.17) is 0 Å². The minimum atomic E-state index is -1.25. The lowest BCUT2D eigenvalue weighted by Gasteiger charge is -2.44. The summed E-state index contributed by atoms with van der Waals surface area (Å²) in [5, 5.41) is 0. The van der Waals surface area contributed by atoms with Crippen molar-refractivity contribution in [2.24, 2.45) is 16.7 Å². The maximum absolute atomic E-state index is 14.2. The van der Waals surface area contributed by atoms with E-state index in [-0.39, 0.29) is 11.7 Å². The van der Waals surface area contributed by atoms with Crippen molar-refractivity contribution in [3.05, 3.63) is 23.6 Å². The molecule has 0 spiro atoms. The molecule has 92 valence electrons. The minimum Gasteiger partial charge on any atom is -0.242 e. The summed E-state index contributed by atoms with van der Waals surface area (Å²) in [7, 11) is 0. The molecule has 2 heteroatoms. The Bertz CT molecular complexity index is 331. The van der Waals surface area contributed by atoms with Crippen molar-refractivity contribution in [2.45, 2.75) is 47.7 Å². The molecule has 0 aromatic heterocycles. The fraction of sp³-hybridized carbons (Fsp3) is 0.714. The molecule has 0 amide bonds. The summed E-state index contributed by atoms with van der Waals surface area (Å²) >= 11 is 0. The summed E-state index contributed by atoms with van der Waals surface area (Å²) in [6.45, 7) is 11.2. The van der Waals surface area contributed by atoms with E-state index in [1.807, 2.05) is 34.6 Å². The van der Waals surface area contributed by atoms with Gasteiger partial charge in [0.05, 0.1) is 5.41 Å². The lowest BCUT2D eigenvalue weighted by atomic mass is 9.62. The van der Waals surface area contributed by atoms with Crippen LogP contribution in [0.25, 0.3) is 0 Å². The van der Waals surface area contributed by atoms with Crippen molar-refractivity contribution in [1.29, 1.82) is 0 Å². The van der Waals surface area contributed by atoms with Crippen LogP contribution in [0.3, 0.4) is 0 Å². The summed E-state index contributed by atoms with van der Waals surface area (Å²) in [6.07, 6.45) is 1.82. The van der Waals surface area contributed by atoms with Crippen LogP contribution in [0, 0.1) is 16.7 Å². The molecular weight excluding hydrogens is 206 g/mol. The Morgan fingerprint density at radius 1 is 1.31 bits per heavy atom. The zero-order valence-corrected chi connectivity index (χ0v) is 11.1. The first-order valence-electron chi connectivity index (χ1n) is 5.84. The lowest BCUT2D eigenvalue weighted by molar-refractivity contribution is 0.0457. The SMILES string of the molecule is CC(C)C1=CC(F)C(C)(C(C)(C)C)C(F)=C1. The molecule has 0 saturated carbocycles. The van der Waals surface area contributed by atoms with Crippen molar-refractivity contribution < 1.29 is 8.78 Å². The number of halogens is 2. The molecule has 2 unspecified atom stereocenters. The second-order valence-corrected chi connectivity index (χ2v) is 6.17. The molecule has 1 aliphatic carbocycles. The molecule has 0 aromatic rings. The van der Waals surface area contributed by atoms with Gasteiger partial charge in [-0.1, -0.05) is 34.6 Å². The van der Waals surface area contributed by atoms with E-state index >= 15 is 0 Å². The van der Waals surface area contributed by atoms with Gasteiger partial charge in [-0.15, -0.1) is 0 Å². The Labute approximate surface area is 97.4 Å². The van der Waals surface area contributed by atoms with Gasteiger partial charge in [-0.05, 0) is 36.0 Å². The van der Waals surface area contributed by atoms with Crippen LogP contribution in [0.1, 0.15) is 41.5 Å².